The molecule has 0 amide bonds. The van der Waals surface area contributed by atoms with E-state index in [0.717, 1.165) is 11.3 Å². The third-order valence-corrected chi connectivity index (χ3v) is 2.74. The maximum absolute atomic E-state index is 5.92. The molecule has 0 aliphatic rings. The van der Waals surface area contributed by atoms with Gasteiger partial charge in [0.25, 0.3) is 0 Å². The zero-order valence-corrected chi connectivity index (χ0v) is 12.0. The van der Waals surface area contributed by atoms with E-state index in [1.54, 1.807) is 13.3 Å². The van der Waals surface area contributed by atoms with E-state index in [4.69, 9.17) is 9.16 Å². The molecule has 0 spiro atoms. The molecular formula is C12H19NO3Si. The second-order valence-electron chi connectivity index (χ2n) is 4.54. The van der Waals surface area contributed by atoms with Gasteiger partial charge in [-0.2, -0.15) is 0 Å². The highest BCUT2D eigenvalue weighted by molar-refractivity contribution is 6.70. The Morgan fingerprint density at radius 1 is 1.12 bits per heavy atom. The second-order valence-corrected chi connectivity index (χ2v) is 8.97. The molecule has 0 saturated carbocycles. The van der Waals surface area contributed by atoms with Crippen LogP contribution in [0.15, 0.2) is 23.4 Å². The maximum Gasteiger partial charge on any atom is 0.242 e. The van der Waals surface area contributed by atoms with Crippen molar-refractivity contribution in [1.29, 1.82) is 0 Å². The second kappa shape index (κ2) is 5.72. The Kier molecular flexibility index (Phi) is 4.57. The molecule has 0 atom stereocenters. The summed E-state index contributed by atoms with van der Waals surface area (Å²) in [6.45, 7) is 6.40. The Bertz CT molecular complexity index is 399. The normalized spacial score (nSPS) is 11.6. The molecule has 1 aromatic carbocycles. The lowest BCUT2D eigenvalue weighted by Gasteiger charge is -2.21. The van der Waals surface area contributed by atoms with Crippen LogP contribution in [0.1, 0.15) is 5.56 Å². The molecule has 0 unspecified atom stereocenters. The zero-order valence-electron chi connectivity index (χ0n) is 11.0. The molecule has 0 aliphatic heterocycles. The predicted molar refractivity (Wildman–Crippen MR) is 71.6 cm³/mol. The van der Waals surface area contributed by atoms with Crippen molar-refractivity contribution in [2.75, 3.05) is 14.2 Å². The highest BCUT2D eigenvalue weighted by atomic mass is 28.4. The fourth-order valence-electron chi connectivity index (χ4n) is 1.29. The predicted octanol–water partition coefficient (Wildman–Crippen LogP) is 2.89. The molecule has 5 heteroatoms. The fraction of sp³-hybridized carbons (Fsp3) is 0.417. The van der Waals surface area contributed by atoms with Crippen LogP contribution in [0, 0.1) is 0 Å². The minimum Gasteiger partial charge on any atom is -0.542 e. The highest BCUT2D eigenvalue weighted by Gasteiger charge is 2.18. The van der Waals surface area contributed by atoms with E-state index in [2.05, 4.69) is 29.6 Å². The number of rotatable bonds is 5. The van der Waals surface area contributed by atoms with Crippen LogP contribution in [0.3, 0.4) is 0 Å². The Hall–Kier alpha value is -1.49. The Labute approximate surface area is 103 Å². The smallest absolute Gasteiger partial charge is 0.242 e. The van der Waals surface area contributed by atoms with Crippen LogP contribution >= 0.6 is 0 Å². The third kappa shape index (κ3) is 4.48. The molecule has 0 aliphatic carbocycles. The van der Waals surface area contributed by atoms with E-state index >= 15 is 0 Å². The summed E-state index contributed by atoms with van der Waals surface area (Å²) in [7, 11) is 1.51. The van der Waals surface area contributed by atoms with Gasteiger partial charge in [-0.05, 0) is 37.8 Å². The molecule has 1 rings (SSSR count). The fourth-order valence-corrected chi connectivity index (χ4v) is 2.12. The van der Waals surface area contributed by atoms with Gasteiger partial charge in [0.05, 0.1) is 13.3 Å². The van der Waals surface area contributed by atoms with E-state index in [1.165, 1.54) is 7.11 Å². The molecule has 0 fully saturated rings. The van der Waals surface area contributed by atoms with E-state index in [9.17, 15) is 0 Å². The number of benzene rings is 1. The van der Waals surface area contributed by atoms with Gasteiger partial charge in [-0.3, -0.25) is 0 Å². The van der Waals surface area contributed by atoms with Crippen molar-refractivity contribution < 1.29 is 14.0 Å². The Morgan fingerprint density at radius 3 is 2.35 bits per heavy atom. The van der Waals surface area contributed by atoms with E-state index < -0.39 is 8.32 Å². The van der Waals surface area contributed by atoms with Crippen molar-refractivity contribution in [1.82, 2.24) is 0 Å². The van der Waals surface area contributed by atoms with Crippen LogP contribution < -0.4 is 9.16 Å². The minimum atomic E-state index is -1.63. The summed E-state index contributed by atoms with van der Waals surface area (Å²) in [5.41, 5.74) is 0.909. The zero-order chi connectivity index (χ0) is 12.9. The molecule has 17 heavy (non-hydrogen) atoms. The lowest BCUT2D eigenvalue weighted by Crippen LogP contribution is -2.29. The van der Waals surface area contributed by atoms with Gasteiger partial charge in [-0.15, -0.1) is 0 Å². The van der Waals surface area contributed by atoms with Crippen molar-refractivity contribution in [2.24, 2.45) is 5.16 Å². The molecule has 0 radical (unpaired) electrons. The first-order valence-electron chi connectivity index (χ1n) is 5.40. The topological polar surface area (TPSA) is 40.0 Å². The van der Waals surface area contributed by atoms with Crippen LogP contribution in [-0.2, 0) is 4.84 Å². The van der Waals surface area contributed by atoms with Crippen molar-refractivity contribution >= 4 is 14.5 Å². The van der Waals surface area contributed by atoms with Gasteiger partial charge < -0.3 is 14.0 Å². The minimum absolute atomic E-state index is 0.715. The van der Waals surface area contributed by atoms with E-state index in [1.807, 2.05) is 18.2 Å². The van der Waals surface area contributed by atoms with Gasteiger partial charge >= 0.3 is 0 Å². The largest absolute Gasteiger partial charge is 0.542 e. The lowest BCUT2D eigenvalue weighted by molar-refractivity contribution is 0.215. The van der Waals surface area contributed by atoms with Gasteiger partial charge in [-0.25, -0.2) is 0 Å². The van der Waals surface area contributed by atoms with Crippen molar-refractivity contribution in [3.63, 3.8) is 0 Å². The van der Waals surface area contributed by atoms with Gasteiger partial charge in [0.2, 0.25) is 8.32 Å². The van der Waals surface area contributed by atoms with E-state index in [0.29, 0.717) is 5.75 Å². The Balaban J connectivity index is 2.97. The average molecular weight is 253 g/mol. The van der Waals surface area contributed by atoms with Crippen LogP contribution in [0.25, 0.3) is 0 Å². The molecule has 0 heterocycles. The molecule has 0 aromatic heterocycles. The number of nitrogens with zero attached hydrogens (tertiary/aromatic N) is 1. The standard InChI is InChI=1S/C12H19NO3Si/c1-14-12-8-10(9-13-15-2)6-7-11(12)16-17(3,4)5/h6-9H,1-5H3/b13-9-. The summed E-state index contributed by atoms with van der Waals surface area (Å²) in [6.07, 6.45) is 1.63. The summed E-state index contributed by atoms with van der Waals surface area (Å²) in [6, 6.07) is 5.69. The SMILES string of the molecule is CO/N=C\c1ccc(O[Si](C)(C)C)c(OC)c1. The molecule has 0 bridgehead atoms. The monoisotopic (exact) mass is 253 g/mol. The molecule has 94 valence electrons. The first kappa shape index (κ1) is 13.6. The maximum atomic E-state index is 5.92. The van der Waals surface area contributed by atoms with Gasteiger partial charge in [0.15, 0.2) is 5.75 Å². The summed E-state index contributed by atoms with van der Waals surface area (Å²) in [5.74, 6) is 1.49. The first-order chi connectivity index (χ1) is 7.96. The first-order valence-corrected chi connectivity index (χ1v) is 8.80. The molecule has 1 aromatic rings. The van der Waals surface area contributed by atoms with Crippen LogP contribution in [0.4, 0.5) is 0 Å². The van der Waals surface area contributed by atoms with Crippen LogP contribution in [0.5, 0.6) is 11.5 Å². The average Bonchev–Trinajstić information content (AvgIpc) is 2.25. The highest BCUT2D eigenvalue weighted by Crippen LogP contribution is 2.29. The molecular weight excluding hydrogens is 234 g/mol. The molecule has 0 N–H and O–H groups in total. The summed E-state index contributed by atoms with van der Waals surface area (Å²) in [5, 5.41) is 3.71. The van der Waals surface area contributed by atoms with Crippen LogP contribution in [0.2, 0.25) is 19.6 Å². The molecule has 0 saturated heterocycles. The van der Waals surface area contributed by atoms with Gasteiger partial charge in [0, 0.05) is 5.56 Å². The third-order valence-electron chi connectivity index (χ3n) is 1.91. The Morgan fingerprint density at radius 2 is 1.82 bits per heavy atom. The van der Waals surface area contributed by atoms with Crippen molar-refractivity contribution in [2.45, 2.75) is 19.6 Å². The van der Waals surface area contributed by atoms with Gasteiger partial charge in [0.1, 0.15) is 12.9 Å². The van der Waals surface area contributed by atoms with Gasteiger partial charge in [-0.1, -0.05) is 5.16 Å². The number of oxime groups is 1. The number of methoxy groups -OCH3 is 1. The van der Waals surface area contributed by atoms with E-state index in [-0.39, 0.29) is 0 Å². The van der Waals surface area contributed by atoms with Crippen LogP contribution in [-0.4, -0.2) is 28.8 Å². The molecule has 4 nitrogen and oxygen atoms in total. The van der Waals surface area contributed by atoms with Crippen molar-refractivity contribution in [3.05, 3.63) is 23.8 Å². The summed E-state index contributed by atoms with van der Waals surface area (Å²) < 4.78 is 11.2. The number of hydrogen-bond donors (Lipinski definition) is 0. The quantitative estimate of drug-likeness (QED) is 0.460. The van der Waals surface area contributed by atoms with Crippen molar-refractivity contribution in [3.8, 4) is 11.5 Å². The summed E-state index contributed by atoms with van der Waals surface area (Å²) in [4.78, 5) is 4.63. The lowest BCUT2D eigenvalue weighted by atomic mass is 10.2. The number of hydrogen-bond acceptors (Lipinski definition) is 4. The number of ether oxygens (including phenoxy) is 1. The summed E-state index contributed by atoms with van der Waals surface area (Å²) >= 11 is 0.